The first-order chi connectivity index (χ1) is 8.20. The highest BCUT2D eigenvalue weighted by atomic mass is 16.2. The number of hydrogen-bond acceptors (Lipinski definition) is 4. The molecule has 3 heterocycles. The van der Waals surface area contributed by atoms with Crippen LogP contribution in [0.25, 0.3) is 0 Å². The van der Waals surface area contributed by atoms with Crippen molar-refractivity contribution >= 4 is 11.8 Å². The molecule has 4 N–H and O–H groups in total. The van der Waals surface area contributed by atoms with E-state index in [4.69, 9.17) is 5.84 Å². The number of aromatic nitrogens is 1. The minimum absolute atomic E-state index is 0.179. The number of hydrogen-bond donors (Lipinski definition) is 3. The van der Waals surface area contributed by atoms with E-state index in [0.29, 0.717) is 5.82 Å². The van der Waals surface area contributed by atoms with Crippen molar-refractivity contribution in [3.05, 3.63) is 23.9 Å². The number of amides is 2. The molecule has 17 heavy (non-hydrogen) atoms. The van der Waals surface area contributed by atoms with Crippen LogP contribution in [0.5, 0.6) is 0 Å². The van der Waals surface area contributed by atoms with Gasteiger partial charge >= 0.3 is 6.03 Å². The van der Waals surface area contributed by atoms with Crippen LogP contribution >= 0.6 is 0 Å². The van der Waals surface area contributed by atoms with Gasteiger partial charge in [0.15, 0.2) is 0 Å². The molecule has 1 fully saturated rings. The van der Waals surface area contributed by atoms with Gasteiger partial charge in [0.05, 0.1) is 5.54 Å². The molecule has 2 aliphatic heterocycles. The zero-order valence-corrected chi connectivity index (χ0v) is 9.44. The van der Waals surface area contributed by atoms with E-state index in [2.05, 4.69) is 15.6 Å². The molecule has 0 bridgehead atoms. The van der Waals surface area contributed by atoms with E-state index in [0.717, 1.165) is 31.5 Å². The lowest BCUT2D eigenvalue weighted by molar-refractivity contribution is 0.138. The maximum Gasteiger partial charge on any atom is 0.321 e. The second kappa shape index (κ2) is 3.68. The first-order valence-corrected chi connectivity index (χ1v) is 5.74. The molecule has 0 aromatic carbocycles. The maximum absolute atomic E-state index is 11.7. The molecule has 0 unspecified atom stereocenters. The first-order valence-electron chi connectivity index (χ1n) is 5.74. The van der Waals surface area contributed by atoms with E-state index >= 15 is 0 Å². The van der Waals surface area contributed by atoms with Crippen LogP contribution < -0.4 is 16.5 Å². The normalized spacial score (nSPS) is 22.8. The number of anilines is 1. The number of rotatable bonds is 0. The van der Waals surface area contributed by atoms with Crippen LogP contribution in [0.2, 0.25) is 0 Å². The topological polar surface area (TPSA) is 83.3 Å². The third kappa shape index (κ3) is 1.65. The molecular weight excluding hydrogens is 218 g/mol. The number of urea groups is 1. The zero-order chi connectivity index (χ0) is 11.9. The number of hydrazine groups is 1. The number of nitrogens with zero attached hydrogens (tertiary/aromatic N) is 2. The molecule has 6 nitrogen and oxygen atoms in total. The standard InChI is InChI=1S/C11H15N5O/c12-16-6-3-11(4-7-16)8-2-1-5-13-9(8)14-10(17)15-11/h1-2,5H,3-4,6-7,12H2,(H2,13,14,15,17). The summed E-state index contributed by atoms with van der Waals surface area (Å²) < 4.78 is 0. The van der Waals surface area contributed by atoms with Crippen LogP contribution in [0, 0.1) is 0 Å². The number of nitrogens with two attached hydrogens (primary N) is 1. The Balaban J connectivity index is 2.02. The van der Waals surface area contributed by atoms with Crippen molar-refractivity contribution in [1.29, 1.82) is 0 Å². The van der Waals surface area contributed by atoms with Crippen LogP contribution in [0.4, 0.5) is 10.6 Å². The highest BCUT2D eigenvalue weighted by Crippen LogP contribution is 2.37. The van der Waals surface area contributed by atoms with Gasteiger partial charge in [0.1, 0.15) is 5.82 Å². The minimum Gasteiger partial charge on any atom is -0.328 e. The smallest absolute Gasteiger partial charge is 0.321 e. The monoisotopic (exact) mass is 233 g/mol. The molecule has 1 aromatic heterocycles. The fourth-order valence-corrected chi connectivity index (χ4v) is 2.61. The summed E-state index contributed by atoms with van der Waals surface area (Å²) in [4.78, 5) is 15.9. The highest BCUT2D eigenvalue weighted by molar-refractivity contribution is 5.92. The van der Waals surface area contributed by atoms with Crippen LogP contribution in [0.15, 0.2) is 18.3 Å². The molecule has 0 radical (unpaired) electrons. The summed E-state index contributed by atoms with van der Waals surface area (Å²) in [6.45, 7) is 1.54. The van der Waals surface area contributed by atoms with E-state index in [1.165, 1.54) is 0 Å². The predicted octanol–water partition coefficient (Wildman–Crippen LogP) is 0.381. The molecule has 0 aliphatic carbocycles. The Bertz CT molecular complexity index is 453. The fraction of sp³-hybridized carbons (Fsp3) is 0.455. The Labute approximate surface area is 99.2 Å². The summed E-state index contributed by atoms with van der Waals surface area (Å²) in [5.41, 5.74) is 0.759. The SMILES string of the molecule is NN1CCC2(CC1)NC(=O)Nc1ncccc12. The number of nitrogens with one attached hydrogen (secondary N) is 2. The number of carbonyl (C=O) groups is 1. The second-order valence-electron chi connectivity index (χ2n) is 4.60. The summed E-state index contributed by atoms with van der Waals surface area (Å²) in [5.74, 6) is 6.44. The van der Waals surface area contributed by atoms with Crippen molar-refractivity contribution < 1.29 is 4.79 Å². The Morgan fingerprint density at radius 1 is 1.41 bits per heavy atom. The van der Waals surface area contributed by atoms with Gasteiger partial charge in [0, 0.05) is 24.8 Å². The van der Waals surface area contributed by atoms with Crippen LogP contribution in [0.3, 0.4) is 0 Å². The molecular formula is C11H15N5O. The second-order valence-corrected chi connectivity index (χ2v) is 4.60. The Hall–Kier alpha value is -1.66. The first kappa shape index (κ1) is 10.5. The van der Waals surface area contributed by atoms with Gasteiger partial charge in [-0.25, -0.2) is 14.8 Å². The van der Waals surface area contributed by atoms with E-state index in [9.17, 15) is 4.79 Å². The number of fused-ring (bicyclic) bond motifs is 2. The lowest BCUT2D eigenvalue weighted by Crippen LogP contribution is -2.58. The molecule has 1 aromatic rings. The van der Waals surface area contributed by atoms with Crippen molar-refractivity contribution in [1.82, 2.24) is 15.3 Å². The van der Waals surface area contributed by atoms with Gasteiger partial charge in [0.2, 0.25) is 0 Å². The van der Waals surface area contributed by atoms with Crippen LogP contribution in [-0.4, -0.2) is 29.1 Å². The molecule has 6 heteroatoms. The van der Waals surface area contributed by atoms with Crippen molar-refractivity contribution in [2.24, 2.45) is 5.84 Å². The average Bonchev–Trinajstić information content (AvgIpc) is 2.33. The summed E-state index contributed by atoms with van der Waals surface area (Å²) in [6, 6.07) is 3.73. The van der Waals surface area contributed by atoms with Crippen LogP contribution in [-0.2, 0) is 5.54 Å². The number of carbonyl (C=O) groups excluding carboxylic acids is 1. The fourth-order valence-electron chi connectivity index (χ4n) is 2.61. The molecule has 3 rings (SSSR count). The summed E-state index contributed by atoms with van der Waals surface area (Å²) in [5, 5.41) is 7.56. The molecule has 1 saturated heterocycles. The molecule has 2 aliphatic rings. The van der Waals surface area contributed by atoms with E-state index < -0.39 is 0 Å². The summed E-state index contributed by atoms with van der Waals surface area (Å²) in [7, 11) is 0. The van der Waals surface area contributed by atoms with E-state index in [1.807, 2.05) is 12.1 Å². The van der Waals surface area contributed by atoms with Gasteiger partial charge in [-0.2, -0.15) is 0 Å². The summed E-state index contributed by atoms with van der Waals surface area (Å²) >= 11 is 0. The summed E-state index contributed by atoms with van der Waals surface area (Å²) in [6.07, 6.45) is 3.32. The molecule has 0 atom stereocenters. The van der Waals surface area contributed by atoms with Crippen molar-refractivity contribution in [3.8, 4) is 0 Å². The zero-order valence-electron chi connectivity index (χ0n) is 9.44. The maximum atomic E-state index is 11.7. The van der Waals surface area contributed by atoms with Crippen LogP contribution in [0.1, 0.15) is 18.4 Å². The van der Waals surface area contributed by atoms with Crippen molar-refractivity contribution in [2.75, 3.05) is 18.4 Å². The average molecular weight is 233 g/mol. The van der Waals surface area contributed by atoms with Gasteiger partial charge < -0.3 is 5.32 Å². The molecule has 2 amide bonds. The molecule has 90 valence electrons. The lowest BCUT2D eigenvalue weighted by atomic mass is 9.80. The van der Waals surface area contributed by atoms with Gasteiger partial charge in [-0.3, -0.25) is 11.2 Å². The third-order valence-electron chi connectivity index (χ3n) is 3.56. The Morgan fingerprint density at radius 3 is 2.94 bits per heavy atom. The molecule has 1 spiro atoms. The van der Waals surface area contributed by atoms with Gasteiger partial charge in [0.25, 0.3) is 0 Å². The van der Waals surface area contributed by atoms with E-state index in [-0.39, 0.29) is 11.6 Å². The number of piperidine rings is 1. The van der Waals surface area contributed by atoms with Gasteiger partial charge in [-0.05, 0) is 18.9 Å². The van der Waals surface area contributed by atoms with Gasteiger partial charge in [-0.15, -0.1) is 0 Å². The third-order valence-corrected chi connectivity index (χ3v) is 3.56. The predicted molar refractivity (Wildman–Crippen MR) is 63.1 cm³/mol. The Morgan fingerprint density at radius 2 is 2.18 bits per heavy atom. The number of pyridine rings is 1. The minimum atomic E-state index is -0.304. The Kier molecular flexibility index (Phi) is 2.27. The largest absolute Gasteiger partial charge is 0.328 e. The van der Waals surface area contributed by atoms with E-state index in [1.54, 1.807) is 11.2 Å². The quantitative estimate of drug-likeness (QED) is 0.566. The van der Waals surface area contributed by atoms with Crippen molar-refractivity contribution in [3.63, 3.8) is 0 Å². The molecule has 0 saturated carbocycles. The lowest BCUT2D eigenvalue weighted by Gasteiger charge is -2.44. The van der Waals surface area contributed by atoms with Gasteiger partial charge in [-0.1, -0.05) is 6.07 Å². The highest BCUT2D eigenvalue weighted by Gasteiger charge is 2.41. The van der Waals surface area contributed by atoms with Crippen molar-refractivity contribution in [2.45, 2.75) is 18.4 Å².